The second-order valence-electron chi connectivity index (χ2n) is 21.5. The molecule has 0 radical (unpaired) electrons. The minimum absolute atomic E-state index is 0.147. The minimum Gasteiger partial charge on any atom is -0.394 e. The highest BCUT2D eigenvalue weighted by Crippen LogP contribution is 2.46. The molecule has 2 saturated carbocycles. The number of aliphatic hydroxyl groups excluding tert-OH is 5. The number of nitrogens with one attached hydrogen (secondary N) is 1. The van der Waals surface area contributed by atoms with Crippen molar-refractivity contribution >= 4 is 5.91 Å². The molecule has 0 aromatic carbocycles. The SMILES string of the molecule is CCCCCCCCCC[C@@H]1C[C@@H]1CCCC/C=C\CC[C@@H](O)C(=O)N[C@@H](CO[C@@H]1O[C@H](CO)[C@@H](O)[C@H](O)[C@H]1OCC=C(C)C)[C@H](O)CCCCCCC[C@H]1C[C@H]1CCCCCCCCCC. The van der Waals surface area contributed by atoms with Gasteiger partial charge in [0.05, 0.1) is 32.0 Å². The van der Waals surface area contributed by atoms with Crippen LogP contribution in [0.1, 0.15) is 240 Å². The van der Waals surface area contributed by atoms with Gasteiger partial charge >= 0.3 is 0 Å². The maximum Gasteiger partial charge on any atom is 0.249 e. The molecule has 3 fully saturated rings. The van der Waals surface area contributed by atoms with Crippen LogP contribution in [0.3, 0.4) is 0 Å². The molecule has 1 saturated heterocycles. The van der Waals surface area contributed by atoms with Crippen LogP contribution in [0, 0.1) is 23.7 Å². The van der Waals surface area contributed by atoms with E-state index in [1.54, 1.807) is 0 Å². The fourth-order valence-electron chi connectivity index (χ4n) is 10.3. The predicted octanol–water partition coefficient (Wildman–Crippen LogP) is 12.0. The van der Waals surface area contributed by atoms with Crippen LogP contribution in [0.4, 0.5) is 0 Å². The quantitative estimate of drug-likeness (QED) is 0.0258. The Morgan fingerprint density at radius 3 is 1.61 bits per heavy atom. The highest BCUT2D eigenvalue weighted by Gasteiger charge is 2.46. The Morgan fingerprint density at radius 1 is 0.627 bits per heavy atom. The van der Waals surface area contributed by atoms with E-state index in [9.17, 15) is 30.3 Å². The topological polar surface area (TPSA) is 158 Å². The van der Waals surface area contributed by atoms with Gasteiger partial charge in [0.1, 0.15) is 30.5 Å². The van der Waals surface area contributed by atoms with E-state index in [0.29, 0.717) is 12.8 Å². The van der Waals surface area contributed by atoms with Crippen molar-refractivity contribution in [3.8, 4) is 0 Å². The summed E-state index contributed by atoms with van der Waals surface area (Å²) in [6.07, 6.45) is 38.3. The number of amides is 1. The molecule has 12 atom stereocenters. The first-order chi connectivity index (χ1) is 32.6. The van der Waals surface area contributed by atoms with Gasteiger partial charge in [0.25, 0.3) is 0 Å². The Morgan fingerprint density at radius 2 is 1.10 bits per heavy atom. The summed E-state index contributed by atoms with van der Waals surface area (Å²) in [6, 6.07) is -0.865. The normalized spacial score (nSPS) is 26.1. The number of aliphatic hydroxyl groups is 5. The van der Waals surface area contributed by atoms with Gasteiger partial charge in [0, 0.05) is 0 Å². The van der Waals surface area contributed by atoms with Crippen molar-refractivity contribution in [2.45, 2.75) is 289 Å². The summed E-state index contributed by atoms with van der Waals surface area (Å²) < 4.78 is 17.9. The lowest BCUT2D eigenvalue weighted by Gasteiger charge is -2.42. The molecule has 0 bridgehead atoms. The van der Waals surface area contributed by atoms with E-state index in [4.69, 9.17) is 14.2 Å². The molecule has 1 amide bonds. The first kappa shape index (κ1) is 59.9. The maximum absolute atomic E-state index is 13.4. The molecule has 3 aliphatic rings. The molecule has 1 aliphatic heterocycles. The fourth-order valence-corrected chi connectivity index (χ4v) is 10.3. The Labute approximate surface area is 410 Å². The number of hydrogen-bond acceptors (Lipinski definition) is 9. The zero-order chi connectivity index (χ0) is 48.5. The summed E-state index contributed by atoms with van der Waals surface area (Å²) in [6.45, 7) is 7.82. The number of unbranched alkanes of at least 4 members (excludes halogenated alkanes) is 20. The lowest BCUT2D eigenvalue weighted by Crippen LogP contribution is -2.61. The van der Waals surface area contributed by atoms with Crippen LogP contribution >= 0.6 is 0 Å². The van der Waals surface area contributed by atoms with Gasteiger partial charge < -0.3 is 45.1 Å². The number of rotatable bonds is 44. The lowest BCUT2D eigenvalue weighted by molar-refractivity contribution is -0.310. The Kier molecular flexibility index (Phi) is 33.5. The third-order valence-electron chi connectivity index (χ3n) is 15.2. The van der Waals surface area contributed by atoms with E-state index in [0.717, 1.165) is 54.9 Å². The standard InChI is InChI=1S/C57H105NO9/c1-5-7-9-11-13-15-20-26-32-45-40-47(45)34-28-22-17-18-24-31-37-51(61)56(64)58-49(43-66-57-55(65-39-38-44(3)4)54(63)53(62)52(42-59)67-57)50(60)36-30-25-19-23-29-35-48-41-46(48)33-27-21-16-14-12-10-8-6-2/h18,24,38,45-55,57,59-63H,5-17,19-23,25-37,39-43H2,1-4H3,(H,58,64)/b24-18-/t45-,46-,47+,48+,49+,50-,51-,52-,53-,54+,55-,57-/m1/s1. The van der Waals surface area contributed by atoms with Crippen molar-refractivity contribution in [3.05, 3.63) is 23.8 Å². The average molecular weight is 948 g/mol. The molecule has 0 spiro atoms. The van der Waals surface area contributed by atoms with Gasteiger partial charge in [0.15, 0.2) is 6.29 Å². The summed E-state index contributed by atoms with van der Waals surface area (Å²) >= 11 is 0. The molecule has 2 aliphatic carbocycles. The number of carbonyl (C=O) groups is 1. The summed E-state index contributed by atoms with van der Waals surface area (Å²) in [4.78, 5) is 13.4. The predicted molar refractivity (Wildman–Crippen MR) is 274 cm³/mol. The highest BCUT2D eigenvalue weighted by atomic mass is 16.7. The minimum atomic E-state index is -1.39. The third kappa shape index (κ3) is 27.2. The molecule has 0 aromatic heterocycles. The van der Waals surface area contributed by atoms with Gasteiger partial charge in [-0.15, -0.1) is 0 Å². The zero-order valence-electron chi connectivity index (χ0n) is 43.5. The van der Waals surface area contributed by atoms with Gasteiger partial charge in [-0.05, 0) is 82.5 Å². The monoisotopic (exact) mass is 948 g/mol. The van der Waals surface area contributed by atoms with Gasteiger partial charge in [0.2, 0.25) is 5.91 Å². The fraction of sp³-hybridized carbons (Fsp3) is 0.912. The second-order valence-corrected chi connectivity index (χ2v) is 21.5. The summed E-state index contributed by atoms with van der Waals surface area (Å²) in [7, 11) is 0. The van der Waals surface area contributed by atoms with E-state index in [2.05, 4.69) is 31.3 Å². The maximum atomic E-state index is 13.4. The largest absolute Gasteiger partial charge is 0.394 e. The Hall–Kier alpha value is -1.37. The molecule has 392 valence electrons. The van der Waals surface area contributed by atoms with Crippen molar-refractivity contribution in [1.82, 2.24) is 5.32 Å². The van der Waals surface area contributed by atoms with E-state index in [-0.39, 0.29) is 19.6 Å². The number of allylic oxidation sites excluding steroid dienone is 3. The van der Waals surface area contributed by atoms with Crippen LogP contribution in [0.5, 0.6) is 0 Å². The van der Waals surface area contributed by atoms with Crippen LogP contribution in [0.25, 0.3) is 0 Å². The number of carbonyl (C=O) groups excluding carboxylic acids is 1. The Balaban J connectivity index is 1.37. The molecule has 6 N–H and O–H groups in total. The second kappa shape index (κ2) is 37.4. The van der Waals surface area contributed by atoms with Crippen molar-refractivity contribution in [1.29, 1.82) is 0 Å². The summed E-state index contributed by atoms with van der Waals surface area (Å²) in [5, 5.41) is 56.6. The smallest absolute Gasteiger partial charge is 0.249 e. The van der Waals surface area contributed by atoms with E-state index >= 15 is 0 Å². The van der Waals surface area contributed by atoms with Gasteiger partial charge in [-0.2, -0.15) is 0 Å². The molecular formula is C57H105NO9. The van der Waals surface area contributed by atoms with Crippen LogP contribution in [0.2, 0.25) is 0 Å². The number of hydrogen-bond donors (Lipinski definition) is 6. The van der Waals surface area contributed by atoms with Crippen molar-refractivity contribution < 1.29 is 44.5 Å². The van der Waals surface area contributed by atoms with Gasteiger partial charge in [-0.1, -0.05) is 205 Å². The molecule has 10 heteroatoms. The van der Waals surface area contributed by atoms with Crippen LogP contribution < -0.4 is 5.32 Å². The van der Waals surface area contributed by atoms with Crippen LogP contribution in [-0.2, 0) is 19.0 Å². The molecule has 10 nitrogen and oxygen atoms in total. The summed E-state index contributed by atoms with van der Waals surface area (Å²) in [5.74, 6) is 3.21. The zero-order valence-corrected chi connectivity index (χ0v) is 43.5. The van der Waals surface area contributed by atoms with Crippen molar-refractivity contribution in [3.63, 3.8) is 0 Å². The first-order valence-electron chi connectivity index (χ1n) is 28.4. The highest BCUT2D eigenvalue weighted by molar-refractivity contribution is 5.80. The van der Waals surface area contributed by atoms with Crippen molar-refractivity contribution in [2.24, 2.45) is 23.7 Å². The van der Waals surface area contributed by atoms with Crippen molar-refractivity contribution in [2.75, 3.05) is 19.8 Å². The molecule has 3 rings (SSSR count). The molecule has 67 heavy (non-hydrogen) atoms. The van der Waals surface area contributed by atoms with Crippen LogP contribution in [-0.4, -0.2) is 100 Å². The van der Waals surface area contributed by atoms with E-state index in [1.807, 2.05) is 19.9 Å². The lowest BCUT2D eigenvalue weighted by atomic mass is 9.99. The van der Waals surface area contributed by atoms with Gasteiger partial charge in [-0.3, -0.25) is 4.79 Å². The number of ether oxygens (including phenoxy) is 3. The first-order valence-corrected chi connectivity index (χ1v) is 28.4. The summed E-state index contributed by atoms with van der Waals surface area (Å²) in [5.41, 5.74) is 1.01. The average Bonchev–Trinajstić information content (AvgIpc) is 4.25. The van der Waals surface area contributed by atoms with E-state index < -0.39 is 61.5 Å². The molecule has 0 unspecified atom stereocenters. The molecular weight excluding hydrogens is 843 g/mol. The van der Waals surface area contributed by atoms with E-state index in [1.165, 1.54) is 167 Å². The third-order valence-corrected chi connectivity index (χ3v) is 15.2. The van der Waals surface area contributed by atoms with Crippen LogP contribution in [0.15, 0.2) is 23.8 Å². The molecule has 1 heterocycles. The molecule has 0 aromatic rings. The Bertz CT molecular complexity index is 1280. The van der Waals surface area contributed by atoms with Gasteiger partial charge in [-0.25, -0.2) is 0 Å².